The Bertz CT molecular complexity index is 1370. The molecular weight excluding hydrogens is 464 g/mol. The molecule has 0 aliphatic heterocycles. The van der Waals surface area contributed by atoms with Gasteiger partial charge >= 0.3 is 0 Å². The first-order valence-corrected chi connectivity index (χ1v) is 13.7. The number of nitrogens with zero attached hydrogens (tertiary/aromatic N) is 2. The Kier molecular flexibility index (Phi) is 6.23. The normalized spacial score (nSPS) is 12.5. The van der Waals surface area contributed by atoms with Crippen LogP contribution in [0.2, 0.25) is 0 Å². The number of benzene rings is 2. The molecular formula is C31H33N2S2+. The lowest BCUT2D eigenvalue weighted by Crippen LogP contribution is -2.24. The Morgan fingerprint density at radius 1 is 0.629 bits per heavy atom. The van der Waals surface area contributed by atoms with Crippen LogP contribution in [-0.4, -0.2) is 4.40 Å². The molecule has 0 spiro atoms. The smallest absolute Gasteiger partial charge is 0.188 e. The SMILES string of the molecule is CC(C)(C)c1cc(Sc2ccccc2)n2c[n+]3c(Sc4ccccc4)cc(C(C)(C)C)cc3c2c1. The Morgan fingerprint density at radius 3 is 1.74 bits per heavy atom. The second kappa shape index (κ2) is 9.07. The van der Waals surface area contributed by atoms with E-state index in [0.29, 0.717) is 0 Å². The number of rotatable bonds is 4. The summed E-state index contributed by atoms with van der Waals surface area (Å²) in [5.74, 6) is 0. The molecule has 0 bridgehead atoms. The molecule has 3 heterocycles. The molecule has 3 aromatic heterocycles. The van der Waals surface area contributed by atoms with Crippen LogP contribution in [0.15, 0.2) is 111 Å². The molecule has 0 amide bonds. The summed E-state index contributed by atoms with van der Waals surface area (Å²) < 4.78 is 4.73. The van der Waals surface area contributed by atoms with Gasteiger partial charge in [-0.2, -0.15) is 8.80 Å². The third kappa shape index (κ3) is 5.00. The highest BCUT2D eigenvalue weighted by Crippen LogP contribution is 2.36. The van der Waals surface area contributed by atoms with E-state index in [1.165, 1.54) is 42.0 Å². The zero-order valence-corrected chi connectivity index (χ0v) is 23.0. The molecule has 5 aromatic rings. The first kappa shape index (κ1) is 24.0. The van der Waals surface area contributed by atoms with E-state index in [4.69, 9.17) is 0 Å². The average molecular weight is 498 g/mol. The van der Waals surface area contributed by atoms with Crippen molar-refractivity contribution in [3.63, 3.8) is 0 Å². The number of pyridine rings is 2. The number of imidazole rings is 1. The Balaban J connectivity index is 1.80. The van der Waals surface area contributed by atoms with E-state index < -0.39 is 0 Å². The topological polar surface area (TPSA) is 8.51 Å². The summed E-state index contributed by atoms with van der Waals surface area (Å²) in [4.78, 5) is 2.49. The monoisotopic (exact) mass is 497 g/mol. The van der Waals surface area contributed by atoms with Crippen LogP contribution in [0.1, 0.15) is 52.7 Å². The van der Waals surface area contributed by atoms with Crippen LogP contribution in [-0.2, 0) is 10.8 Å². The Hall–Kier alpha value is -2.69. The fourth-order valence-electron chi connectivity index (χ4n) is 4.15. The molecule has 0 fully saturated rings. The van der Waals surface area contributed by atoms with Gasteiger partial charge in [-0.1, -0.05) is 77.9 Å². The molecule has 5 rings (SSSR count). The van der Waals surface area contributed by atoms with Crippen LogP contribution in [0.5, 0.6) is 0 Å². The van der Waals surface area contributed by atoms with E-state index in [0.717, 1.165) is 0 Å². The van der Waals surface area contributed by atoms with Gasteiger partial charge in [-0.25, -0.2) is 0 Å². The van der Waals surface area contributed by atoms with Crippen molar-refractivity contribution in [3.05, 3.63) is 102 Å². The highest BCUT2D eigenvalue weighted by atomic mass is 32.2. The molecule has 0 aliphatic rings. The van der Waals surface area contributed by atoms with Crippen molar-refractivity contribution in [2.24, 2.45) is 0 Å². The van der Waals surface area contributed by atoms with Gasteiger partial charge < -0.3 is 0 Å². The van der Waals surface area contributed by atoms with Crippen molar-refractivity contribution in [2.45, 2.75) is 72.2 Å². The molecule has 0 radical (unpaired) electrons. The zero-order chi connectivity index (χ0) is 24.8. The number of aromatic nitrogens is 2. The Morgan fingerprint density at radius 2 is 1.17 bits per heavy atom. The minimum absolute atomic E-state index is 0.0538. The second-order valence-corrected chi connectivity index (χ2v) is 13.3. The summed E-state index contributed by atoms with van der Waals surface area (Å²) in [7, 11) is 0. The average Bonchev–Trinajstić information content (AvgIpc) is 3.19. The van der Waals surface area contributed by atoms with E-state index in [1.807, 2.05) is 23.5 Å². The van der Waals surface area contributed by atoms with E-state index in [1.54, 1.807) is 0 Å². The Labute approximate surface area is 217 Å². The second-order valence-electron chi connectivity index (χ2n) is 11.1. The van der Waals surface area contributed by atoms with E-state index >= 15 is 0 Å². The number of hydrogen-bond acceptors (Lipinski definition) is 2. The molecule has 35 heavy (non-hydrogen) atoms. The molecule has 178 valence electrons. The summed E-state index contributed by atoms with van der Waals surface area (Å²) in [5.41, 5.74) is 5.30. The molecule has 0 atom stereocenters. The van der Waals surface area contributed by atoms with Gasteiger partial charge in [0.1, 0.15) is 0 Å². The van der Waals surface area contributed by atoms with Gasteiger partial charge in [0.25, 0.3) is 6.33 Å². The minimum atomic E-state index is 0.0538. The lowest BCUT2D eigenvalue weighted by Gasteiger charge is -2.20. The molecule has 2 nitrogen and oxygen atoms in total. The molecule has 0 aliphatic carbocycles. The first-order chi connectivity index (χ1) is 16.6. The summed E-state index contributed by atoms with van der Waals surface area (Å²) in [6.45, 7) is 13.8. The van der Waals surface area contributed by atoms with Gasteiger partial charge in [-0.05, 0) is 94.0 Å². The quantitative estimate of drug-likeness (QED) is 0.230. The van der Waals surface area contributed by atoms with Crippen molar-refractivity contribution >= 4 is 34.6 Å². The predicted molar refractivity (Wildman–Crippen MR) is 149 cm³/mol. The van der Waals surface area contributed by atoms with Gasteiger partial charge in [-0.3, -0.25) is 0 Å². The number of hydrogen-bond donors (Lipinski definition) is 0. The molecule has 0 unspecified atom stereocenters. The summed E-state index contributed by atoms with van der Waals surface area (Å²) in [6.07, 6.45) is 2.26. The zero-order valence-electron chi connectivity index (χ0n) is 21.4. The standard InChI is InChI=1S/C31H33N2S2/c1-30(2,3)22-17-26-27-18-23(31(4,5)6)20-29(35-25-15-11-8-12-16-25)33(27)21-32(26)28(19-22)34-24-13-9-7-10-14-24/h7-21H,1-6H3/q+1. The van der Waals surface area contributed by atoms with Crippen LogP contribution in [0, 0.1) is 0 Å². The lowest BCUT2D eigenvalue weighted by molar-refractivity contribution is -0.555. The molecule has 0 saturated heterocycles. The van der Waals surface area contributed by atoms with Gasteiger partial charge in [-0.15, -0.1) is 0 Å². The van der Waals surface area contributed by atoms with Gasteiger partial charge in [0.15, 0.2) is 21.1 Å². The van der Waals surface area contributed by atoms with Crippen molar-refractivity contribution in [2.75, 3.05) is 0 Å². The van der Waals surface area contributed by atoms with Crippen LogP contribution in [0.25, 0.3) is 11.0 Å². The summed E-state index contributed by atoms with van der Waals surface area (Å²) in [5, 5.41) is 2.46. The fraction of sp³-hybridized carbons (Fsp3) is 0.258. The molecule has 4 heteroatoms. The van der Waals surface area contributed by atoms with Crippen LogP contribution in [0.3, 0.4) is 0 Å². The first-order valence-electron chi connectivity index (χ1n) is 12.1. The highest BCUT2D eigenvalue weighted by molar-refractivity contribution is 7.99. The molecule has 0 saturated carbocycles. The van der Waals surface area contributed by atoms with Crippen molar-refractivity contribution < 1.29 is 4.40 Å². The predicted octanol–water partition coefficient (Wildman–Crippen LogP) is 8.58. The van der Waals surface area contributed by atoms with E-state index in [9.17, 15) is 0 Å². The van der Waals surface area contributed by atoms with Crippen molar-refractivity contribution in [1.29, 1.82) is 0 Å². The molecule has 2 aromatic carbocycles. The van der Waals surface area contributed by atoms with Crippen molar-refractivity contribution in [3.8, 4) is 0 Å². The van der Waals surface area contributed by atoms with Crippen molar-refractivity contribution in [1.82, 2.24) is 4.40 Å². The third-order valence-electron chi connectivity index (χ3n) is 6.29. The maximum Gasteiger partial charge on any atom is 0.256 e. The van der Waals surface area contributed by atoms with E-state index in [2.05, 4.69) is 142 Å². The number of fused-ring (bicyclic) bond motifs is 3. The largest absolute Gasteiger partial charge is 0.256 e. The maximum atomic E-state index is 2.38. The summed E-state index contributed by atoms with van der Waals surface area (Å²) >= 11 is 3.65. The van der Waals surface area contributed by atoms with Gasteiger partial charge in [0, 0.05) is 9.79 Å². The van der Waals surface area contributed by atoms with Crippen LogP contribution < -0.4 is 4.40 Å². The van der Waals surface area contributed by atoms with Crippen LogP contribution in [0.4, 0.5) is 0 Å². The van der Waals surface area contributed by atoms with Gasteiger partial charge in [0.2, 0.25) is 0 Å². The van der Waals surface area contributed by atoms with E-state index in [-0.39, 0.29) is 10.8 Å². The highest BCUT2D eigenvalue weighted by Gasteiger charge is 2.26. The maximum absolute atomic E-state index is 2.38. The minimum Gasteiger partial charge on any atom is -0.188 e. The lowest BCUT2D eigenvalue weighted by atomic mass is 9.86. The summed E-state index contributed by atoms with van der Waals surface area (Å²) in [6, 6.07) is 30.8. The molecule has 0 N–H and O–H groups in total. The fourth-order valence-corrected chi connectivity index (χ4v) is 6.08. The third-order valence-corrected chi connectivity index (χ3v) is 8.36. The van der Waals surface area contributed by atoms with Crippen LogP contribution >= 0.6 is 23.5 Å². The van der Waals surface area contributed by atoms with Gasteiger partial charge in [0.05, 0.1) is 0 Å².